The number of aromatic nitrogens is 2. The number of fused-ring (bicyclic) bond motifs is 1. The van der Waals surface area contributed by atoms with Crippen LogP contribution in [0.15, 0.2) is 42.6 Å². The van der Waals surface area contributed by atoms with E-state index < -0.39 is 0 Å². The molecule has 0 aliphatic heterocycles. The Kier molecular flexibility index (Phi) is 2.88. The van der Waals surface area contributed by atoms with Crippen molar-refractivity contribution in [1.82, 2.24) is 9.55 Å². The third-order valence-corrected chi connectivity index (χ3v) is 3.50. The summed E-state index contributed by atoms with van der Waals surface area (Å²) in [7, 11) is 0. The van der Waals surface area contributed by atoms with Gasteiger partial charge in [-0.3, -0.25) is 0 Å². The van der Waals surface area contributed by atoms with Crippen LogP contribution in [0, 0.1) is 18.3 Å². The number of pyridine rings is 1. The molecule has 0 saturated carbocycles. The SMILES string of the molecule is Cc1c(C#N)c(N)nc2c1ccn2Cc1ccccc1. The van der Waals surface area contributed by atoms with Crippen molar-refractivity contribution in [2.45, 2.75) is 13.5 Å². The van der Waals surface area contributed by atoms with Gasteiger partial charge in [-0.1, -0.05) is 30.3 Å². The summed E-state index contributed by atoms with van der Waals surface area (Å²) in [6, 6.07) is 14.3. The average Bonchev–Trinajstić information content (AvgIpc) is 2.84. The highest BCUT2D eigenvalue weighted by Crippen LogP contribution is 2.25. The number of nitrogens with two attached hydrogens (primary N) is 1. The Morgan fingerprint density at radius 3 is 2.70 bits per heavy atom. The zero-order chi connectivity index (χ0) is 14.1. The Hall–Kier alpha value is -2.80. The molecule has 2 aromatic heterocycles. The minimum atomic E-state index is 0.297. The fourth-order valence-electron chi connectivity index (χ4n) is 2.43. The molecule has 0 bridgehead atoms. The second kappa shape index (κ2) is 4.71. The number of rotatable bonds is 2. The van der Waals surface area contributed by atoms with E-state index in [1.54, 1.807) is 0 Å². The van der Waals surface area contributed by atoms with Gasteiger partial charge in [0.15, 0.2) is 0 Å². The van der Waals surface area contributed by atoms with E-state index in [9.17, 15) is 0 Å². The van der Waals surface area contributed by atoms with E-state index in [1.165, 1.54) is 5.56 Å². The average molecular weight is 262 g/mol. The van der Waals surface area contributed by atoms with Crippen molar-refractivity contribution in [1.29, 1.82) is 5.26 Å². The predicted molar refractivity (Wildman–Crippen MR) is 79.1 cm³/mol. The fourth-order valence-corrected chi connectivity index (χ4v) is 2.43. The summed E-state index contributed by atoms with van der Waals surface area (Å²) in [6.07, 6.45) is 1.98. The monoisotopic (exact) mass is 262 g/mol. The molecule has 1 aromatic carbocycles. The van der Waals surface area contributed by atoms with Crippen molar-refractivity contribution in [3.8, 4) is 6.07 Å². The maximum Gasteiger partial charge on any atom is 0.144 e. The summed E-state index contributed by atoms with van der Waals surface area (Å²) in [4.78, 5) is 4.38. The van der Waals surface area contributed by atoms with Crippen LogP contribution in [0.4, 0.5) is 5.82 Å². The maximum atomic E-state index is 9.12. The zero-order valence-electron chi connectivity index (χ0n) is 11.2. The molecule has 0 atom stereocenters. The fraction of sp³-hybridized carbons (Fsp3) is 0.125. The molecule has 98 valence electrons. The molecule has 0 amide bonds. The summed E-state index contributed by atoms with van der Waals surface area (Å²) in [5.74, 6) is 0.297. The third kappa shape index (κ3) is 1.90. The van der Waals surface area contributed by atoms with Gasteiger partial charge in [0.1, 0.15) is 17.5 Å². The molecule has 4 nitrogen and oxygen atoms in total. The topological polar surface area (TPSA) is 67.6 Å². The Morgan fingerprint density at radius 2 is 2.00 bits per heavy atom. The molecule has 0 spiro atoms. The van der Waals surface area contributed by atoms with Crippen LogP contribution in [0.2, 0.25) is 0 Å². The van der Waals surface area contributed by atoms with Gasteiger partial charge in [0, 0.05) is 18.1 Å². The number of nitriles is 1. The molecule has 0 fully saturated rings. The summed E-state index contributed by atoms with van der Waals surface area (Å²) in [5.41, 5.74) is 9.25. The van der Waals surface area contributed by atoms with E-state index in [2.05, 4.69) is 27.8 Å². The number of benzene rings is 1. The Labute approximate surface area is 117 Å². The van der Waals surface area contributed by atoms with E-state index >= 15 is 0 Å². The molecule has 2 N–H and O–H groups in total. The first-order valence-corrected chi connectivity index (χ1v) is 6.39. The van der Waals surface area contributed by atoms with Gasteiger partial charge in [0.25, 0.3) is 0 Å². The first kappa shape index (κ1) is 12.2. The second-order valence-electron chi connectivity index (χ2n) is 4.78. The van der Waals surface area contributed by atoms with Crippen LogP contribution >= 0.6 is 0 Å². The van der Waals surface area contributed by atoms with Gasteiger partial charge < -0.3 is 10.3 Å². The lowest BCUT2D eigenvalue weighted by atomic mass is 10.1. The molecule has 0 unspecified atom stereocenters. The lowest BCUT2D eigenvalue weighted by Crippen LogP contribution is -2.03. The highest BCUT2D eigenvalue weighted by molar-refractivity contribution is 5.85. The molecule has 3 aromatic rings. The number of nitrogen functional groups attached to an aromatic ring is 1. The Bertz CT molecular complexity index is 810. The summed E-state index contributed by atoms with van der Waals surface area (Å²) < 4.78 is 2.05. The van der Waals surface area contributed by atoms with Gasteiger partial charge in [0.2, 0.25) is 0 Å². The first-order chi connectivity index (χ1) is 9.70. The van der Waals surface area contributed by atoms with Crippen LogP contribution in [-0.2, 0) is 6.54 Å². The quantitative estimate of drug-likeness (QED) is 0.772. The van der Waals surface area contributed by atoms with Gasteiger partial charge in [-0.05, 0) is 24.1 Å². The molecule has 3 rings (SSSR count). The smallest absolute Gasteiger partial charge is 0.144 e. The van der Waals surface area contributed by atoms with E-state index in [-0.39, 0.29) is 0 Å². The van der Waals surface area contributed by atoms with Crippen molar-refractivity contribution >= 4 is 16.9 Å². The summed E-state index contributed by atoms with van der Waals surface area (Å²) >= 11 is 0. The first-order valence-electron chi connectivity index (χ1n) is 6.39. The van der Waals surface area contributed by atoms with Gasteiger partial charge in [0.05, 0.1) is 5.56 Å². The zero-order valence-corrected chi connectivity index (χ0v) is 11.2. The van der Waals surface area contributed by atoms with E-state index in [4.69, 9.17) is 11.0 Å². The largest absolute Gasteiger partial charge is 0.383 e. The lowest BCUT2D eigenvalue weighted by Gasteiger charge is -2.08. The van der Waals surface area contributed by atoms with Crippen molar-refractivity contribution < 1.29 is 0 Å². The van der Waals surface area contributed by atoms with E-state index in [0.717, 1.165) is 23.1 Å². The molecule has 0 aliphatic carbocycles. The van der Waals surface area contributed by atoms with E-state index in [0.29, 0.717) is 11.4 Å². The van der Waals surface area contributed by atoms with Crippen molar-refractivity contribution in [3.63, 3.8) is 0 Å². The van der Waals surface area contributed by atoms with Gasteiger partial charge in [-0.2, -0.15) is 5.26 Å². The van der Waals surface area contributed by atoms with Crippen LogP contribution in [0.1, 0.15) is 16.7 Å². The van der Waals surface area contributed by atoms with Crippen LogP contribution < -0.4 is 5.73 Å². The molecule has 20 heavy (non-hydrogen) atoms. The molecular formula is C16H14N4. The van der Waals surface area contributed by atoms with Crippen LogP contribution in [0.25, 0.3) is 11.0 Å². The highest BCUT2D eigenvalue weighted by Gasteiger charge is 2.12. The standard InChI is InChI=1S/C16H14N4/c1-11-13-7-8-20(10-12-5-3-2-4-6-12)16(13)19-15(18)14(11)9-17/h2-8H,10H2,1H3,(H2,18,19). The molecule has 0 radical (unpaired) electrons. The molecular weight excluding hydrogens is 248 g/mol. The lowest BCUT2D eigenvalue weighted by molar-refractivity contribution is 0.825. The molecule has 2 heterocycles. The maximum absolute atomic E-state index is 9.12. The van der Waals surface area contributed by atoms with Gasteiger partial charge in [-0.25, -0.2) is 4.98 Å². The number of anilines is 1. The predicted octanol–water partition coefficient (Wildman–Crippen LogP) is 2.85. The highest BCUT2D eigenvalue weighted by atomic mass is 15.0. The van der Waals surface area contributed by atoms with Gasteiger partial charge >= 0.3 is 0 Å². The third-order valence-electron chi connectivity index (χ3n) is 3.50. The molecule has 0 aliphatic rings. The van der Waals surface area contributed by atoms with Crippen molar-refractivity contribution in [2.24, 2.45) is 0 Å². The number of hydrogen-bond acceptors (Lipinski definition) is 3. The molecule has 4 heteroatoms. The van der Waals surface area contributed by atoms with Crippen LogP contribution in [-0.4, -0.2) is 9.55 Å². The number of aryl methyl sites for hydroxylation is 1. The second-order valence-corrected chi connectivity index (χ2v) is 4.78. The van der Waals surface area contributed by atoms with Crippen molar-refractivity contribution in [2.75, 3.05) is 5.73 Å². The van der Waals surface area contributed by atoms with E-state index in [1.807, 2.05) is 37.4 Å². The van der Waals surface area contributed by atoms with Crippen LogP contribution in [0.3, 0.4) is 0 Å². The van der Waals surface area contributed by atoms with Crippen molar-refractivity contribution in [3.05, 3.63) is 59.3 Å². The minimum Gasteiger partial charge on any atom is -0.383 e. The summed E-state index contributed by atoms with van der Waals surface area (Å²) in [6.45, 7) is 2.65. The van der Waals surface area contributed by atoms with Crippen LogP contribution in [0.5, 0.6) is 0 Å². The molecule has 0 saturated heterocycles. The Balaban J connectivity index is 2.13. The van der Waals surface area contributed by atoms with Gasteiger partial charge in [-0.15, -0.1) is 0 Å². The minimum absolute atomic E-state index is 0.297. The normalized spacial score (nSPS) is 10.6. The number of nitrogens with zero attached hydrogens (tertiary/aromatic N) is 3. The number of hydrogen-bond donors (Lipinski definition) is 1. The summed E-state index contributed by atoms with van der Waals surface area (Å²) in [5, 5.41) is 10.1. The Morgan fingerprint density at radius 1 is 1.25 bits per heavy atom.